The van der Waals surface area contributed by atoms with E-state index in [0.29, 0.717) is 26.3 Å². The summed E-state index contributed by atoms with van der Waals surface area (Å²) in [5.74, 6) is -0.519. The lowest BCUT2D eigenvalue weighted by atomic mass is 10.1. The fraction of sp³-hybridized carbons (Fsp3) is 0.364. The topological polar surface area (TPSA) is 70.0 Å². The van der Waals surface area contributed by atoms with Crippen LogP contribution in [0.25, 0.3) is 0 Å². The summed E-state index contributed by atoms with van der Waals surface area (Å²) in [6.07, 6.45) is 0. The Balaban J connectivity index is 2.24. The minimum absolute atomic E-state index is 0.151. The van der Waals surface area contributed by atoms with E-state index in [-0.39, 0.29) is 27.4 Å². The second-order valence-electron chi connectivity index (χ2n) is 3.73. The van der Waals surface area contributed by atoms with Crippen LogP contribution >= 0.6 is 15.9 Å². The van der Waals surface area contributed by atoms with Gasteiger partial charge in [0.1, 0.15) is 16.0 Å². The number of nitrogens with zero attached hydrogens (tertiary/aromatic N) is 1. The van der Waals surface area contributed by atoms with Gasteiger partial charge in [-0.15, -0.1) is 0 Å². The maximum absolute atomic E-state index is 12.0. The highest BCUT2D eigenvalue weighted by Crippen LogP contribution is 2.34. The first kappa shape index (κ1) is 12.2. The predicted octanol–water partition coefficient (Wildman–Crippen LogP) is 1.33. The molecule has 1 saturated heterocycles. The molecule has 1 fully saturated rings. The molecule has 17 heavy (non-hydrogen) atoms. The highest BCUT2D eigenvalue weighted by Gasteiger charge is 2.20. The van der Waals surface area contributed by atoms with Gasteiger partial charge in [-0.05, 0) is 28.1 Å². The number of phenolic OH excluding ortho intramolecular Hbond substituents is 2. The third-order valence-corrected chi connectivity index (χ3v) is 3.39. The highest BCUT2D eigenvalue weighted by atomic mass is 79.9. The second kappa shape index (κ2) is 4.93. The normalized spacial score (nSPS) is 15.9. The van der Waals surface area contributed by atoms with Crippen LogP contribution in [0.15, 0.2) is 16.6 Å². The molecule has 0 radical (unpaired) electrons. The Morgan fingerprint density at radius 1 is 1.24 bits per heavy atom. The number of aromatic hydroxyl groups is 2. The molecule has 5 nitrogen and oxygen atoms in total. The molecule has 1 aliphatic rings. The number of amides is 1. The molecule has 0 aromatic heterocycles. The molecule has 0 unspecified atom stereocenters. The summed E-state index contributed by atoms with van der Waals surface area (Å²) < 4.78 is 5.34. The number of phenols is 2. The number of morpholine rings is 1. The standard InChI is InChI=1S/C11H12BrNO4/c12-10-8(14)5-7(6-9(10)15)11(16)13-1-3-17-4-2-13/h5-6,14-15H,1-4H2. The van der Waals surface area contributed by atoms with Crippen molar-refractivity contribution in [2.24, 2.45) is 0 Å². The summed E-state index contributed by atoms with van der Waals surface area (Å²) in [6.45, 7) is 2.08. The van der Waals surface area contributed by atoms with Crippen molar-refractivity contribution < 1.29 is 19.7 Å². The lowest BCUT2D eigenvalue weighted by Gasteiger charge is -2.27. The maximum atomic E-state index is 12.0. The van der Waals surface area contributed by atoms with Crippen LogP contribution in [-0.2, 0) is 4.74 Å². The zero-order chi connectivity index (χ0) is 12.4. The number of hydrogen-bond acceptors (Lipinski definition) is 4. The number of ether oxygens (including phenoxy) is 1. The van der Waals surface area contributed by atoms with Crippen molar-refractivity contribution in [3.8, 4) is 11.5 Å². The maximum Gasteiger partial charge on any atom is 0.254 e. The average molecular weight is 302 g/mol. The molecule has 0 aliphatic carbocycles. The van der Waals surface area contributed by atoms with Crippen LogP contribution in [0.4, 0.5) is 0 Å². The van der Waals surface area contributed by atoms with E-state index < -0.39 is 0 Å². The lowest BCUT2D eigenvalue weighted by Crippen LogP contribution is -2.40. The minimum atomic E-state index is -0.216. The Morgan fingerprint density at radius 2 is 1.76 bits per heavy atom. The summed E-state index contributed by atoms with van der Waals surface area (Å²) in [4.78, 5) is 13.7. The first-order chi connectivity index (χ1) is 8.09. The van der Waals surface area contributed by atoms with Crippen LogP contribution in [0.5, 0.6) is 11.5 Å². The lowest BCUT2D eigenvalue weighted by molar-refractivity contribution is 0.0302. The summed E-state index contributed by atoms with van der Waals surface area (Å²) in [5, 5.41) is 19.1. The molecule has 6 heteroatoms. The Morgan fingerprint density at radius 3 is 2.29 bits per heavy atom. The van der Waals surface area contributed by atoms with E-state index in [1.54, 1.807) is 4.90 Å². The van der Waals surface area contributed by atoms with Gasteiger partial charge in [0.15, 0.2) is 0 Å². The largest absolute Gasteiger partial charge is 0.507 e. The van der Waals surface area contributed by atoms with Crippen LogP contribution in [-0.4, -0.2) is 47.3 Å². The van der Waals surface area contributed by atoms with E-state index in [2.05, 4.69) is 15.9 Å². The van der Waals surface area contributed by atoms with Crippen LogP contribution in [0.3, 0.4) is 0 Å². The number of carbonyl (C=O) groups excluding carboxylic acids is 1. The van der Waals surface area contributed by atoms with Gasteiger partial charge >= 0.3 is 0 Å². The van der Waals surface area contributed by atoms with E-state index in [9.17, 15) is 15.0 Å². The van der Waals surface area contributed by atoms with Gasteiger partial charge in [-0.25, -0.2) is 0 Å². The first-order valence-corrected chi connectivity index (χ1v) is 5.97. The van der Waals surface area contributed by atoms with Gasteiger partial charge in [0.05, 0.1) is 13.2 Å². The van der Waals surface area contributed by atoms with E-state index in [1.807, 2.05) is 0 Å². The number of carbonyl (C=O) groups is 1. The van der Waals surface area contributed by atoms with Crippen molar-refractivity contribution in [3.63, 3.8) is 0 Å². The molecular weight excluding hydrogens is 290 g/mol. The molecule has 92 valence electrons. The molecule has 2 rings (SSSR count). The Bertz CT molecular complexity index is 420. The van der Waals surface area contributed by atoms with Gasteiger partial charge in [0.25, 0.3) is 5.91 Å². The zero-order valence-corrected chi connectivity index (χ0v) is 10.6. The molecule has 0 atom stereocenters. The van der Waals surface area contributed by atoms with Crippen molar-refractivity contribution in [2.45, 2.75) is 0 Å². The zero-order valence-electron chi connectivity index (χ0n) is 9.02. The molecule has 0 spiro atoms. The summed E-state index contributed by atoms with van der Waals surface area (Å²) in [7, 11) is 0. The van der Waals surface area contributed by atoms with Crippen molar-refractivity contribution in [3.05, 3.63) is 22.2 Å². The smallest absolute Gasteiger partial charge is 0.254 e. The van der Waals surface area contributed by atoms with Crippen molar-refractivity contribution in [1.82, 2.24) is 4.90 Å². The third-order valence-electron chi connectivity index (χ3n) is 2.58. The Hall–Kier alpha value is -1.27. The van der Waals surface area contributed by atoms with Crippen LogP contribution in [0, 0.1) is 0 Å². The number of benzene rings is 1. The Kier molecular flexibility index (Phi) is 3.54. The van der Waals surface area contributed by atoms with Crippen LogP contribution < -0.4 is 0 Å². The Labute approximate surface area is 107 Å². The molecule has 1 aliphatic heterocycles. The molecule has 0 bridgehead atoms. The molecule has 1 aromatic carbocycles. The molecule has 0 saturated carbocycles. The first-order valence-electron chi connectivity index (χ1n) is 5.18. The van der Waals surface area contributed by atoms with Crippen molar-refractivity contribution >= 4 is 21.8 Å². The molecule has 1 heterocycles. The van der Waals surface area contributed by atoms with E-state index in [4.69, 9.17) is 4.74 Å². The monoisotopic (exact) mass is 301 g/mol. The van der Waals surface area contributed by atoms with Crippen LogP contribution in [0.2, 0.25) is 0 Å². The SMILES string of the molecule is O=C(c1cc(O)c(Br)c(O)c1)N1CCOCC1. The van der Waals surface area contributed by atoms with Gasteiger partial charge in [0, 0.05) is 18.7 Å². The third kappa shape index (κ3) is 2.53. The fourth-order valence-corrected chi connectivity index (χ4v) is 1.90. The van der Waals surface area contributed by atoms with Gasteiger partial charge in [-0.2, -0.15) is 0 Å². The van der Waals surface area contributed by atoms with E-state index in [1.165, 1.54) is 12.1 Å². The van der Waals surface area contributed by atoms with E-state index >= 15 is 0 Å². The minimum Gasteiger partial charge on any atom is -0.507 e. The van der Waals surface area contributed by atoms with E-state index in [0.717, 1.165) is 0 Å². The van der Waals surface area contributed by atoms with Crippen LogP contribution in [0.1, 0.15) is 10.4 Å². The van der Waals surface area contributed by atoms with Gasteiger partial charge < -0.3 is 19.8 Å². The average Bonchev–Trinajstić information content (AvgIpc) is 2.35. The summed E-state index contributed by atoms with van der Waals surface area (Å²) >= 11 is 3.01. The second-order valence-corrected chi connectivity index (χ2v) is 4.53. The predicted molar refractivity (Wildman–Crippen MR) is 64.2 cm³/mol. The quantitative estimate of drug-likeness (QED) is 0.821. The van der Waals surface area contributed by atoms with Crippen molar-refractivity contribution in [1.29, 1.82) is 0 Å². The number of rotatable bonds is 1. The number of hydrogen-bond donors (Lipinski definition) is 2. The highest BCUT2D eigenvalue weighted by molar-refractivity contribution is 9.10. The molecule has 2 N–H and O–H groups in total. The van der Waals surface area contributed by atoms with Gasteiger partial charge in [-0.3, -0.25) is 4.79 Å². The molecular formula is C11H12BrNO4. The number of halogens is 1. The van der Waals surface area contributed by atoms with Crippen molar-refractivity contribution in [2.75, 3.05) is 26.3 Å². The summed E-state index contributed by atoms with van der Waals surface area (Å²) in [6, 6.07) is 2.67. The molecule has 1 amide bonds. The summed E-state index contributed by atoms with van der Waals surface area (Å²) in [5.41, 5.74) is 0.269. The van der Waals surface area contributed by atoms with Gasteiger partial charge in [-0.1, -0.05) is 0 Å². The fourth-order valence-electron chi connectivity index (χ4n) is 1.67. The van der Waals surface area contributed by atoms with Gasteiger partial charge in [0.2, 0.25) is 0 Å². The molecule has 1 aromatic rings.